The summed E-state index contributed by atoms with van der Waals surface area (Å²) in [5.74, 6) is 1.28. The van der Waals surface area contributed by atoms with Crippen LogP contribution in [0, 0.1) is 0 Å². The van der Waals surface area contributed by atoms with Crippen molar-refractivity contribution >= 4 is 63.6 Å². The summed E-state index contributed by atoms with van der Waals surface area (Å²) in [5.41, 5.74) is 11.0. The SMILES string of the molecule is Nc1c(Br)c(N2CCS(=O)(=O)CC2)nc2c(-c3ccc4c(c3)CN=C4Br)cnn12. The molecule has 2 N–H and O–H groups in total. The number of nitrogens with zero attached hydrogens (tertiary/aromatic N) is 5. The summed E-state index contributed by atoms with van der Waals surface area (Å²) in [6.07, 6.45) is 1.75. The van der Waals surface area contributed by atoms with Crippen molar-refractivity contribution in [3.8, 4) is 11.1 Å². The van der Waals surface area contributed by atoms with Crippen molar-refractivity contribution in [3.05, 3.63) is 40.0 Å². The van der Waals surface area contributed by atoms with E-state index in [0.29, 0.717) is 41.4 Å². The van der Waals surface area contributed by atoms with Gasteiger partial charge < -0.3 is 10.6 Å². The lowest BCUT2D eigenvalue weighted by atomic mass is 10.0. The predicted molar refractivity (Wildman–Crippen MR) is 121 cm³/mol. The Kier molecular flexibility index (Phi) is 4.44. The Morgan fingerprint density at radius 3 is 2.62 bits per heavy atom. The zero-order valence-electron chi connectivity index (χ0n) is 15.1. The van der Waals surface area contributed by atoms with Gasteiger partial charge in [-0.15, -0.1) is 0 Å². The Balaban J connectivity index is 1.61. The number of aliphatic imine (C=N–C) groups is 1. The summed E-state index contributed by atoms with van der Waals surface area (Å²) < 4.78 is 26.7. The molecule has 0 bridgehead atoms. The fraction of sp³-hybridized carbons (Fsp3) is 0.278. The molecule has 150 valence electrons. The number of hydrogen-bond acceptors (Lipinski definition) is 7. The van der Waals surface area contributed by atoms with Crippen LogP contribution in [0.5, 0.6) is 0 Å². The van der Waals surface area contributed by atoms with Gasteiger partial charge in [0.1, 0.15) is 20.7 Å². The maximum Gasteiger partial charge on any atom is 0.167 e. The molecule has 0 spiro atoms. The second-order valence-corrected chi connectivity index (χ2v) is 10.9. The normalized spacial score (nSPS) is 18.1. The molecule has 2 aromatic heterocycles. The number of anilines is 2. The number of nitrogens with two attached hydrogens (primary N) is 1. The van der Waals surface area contributed by atoms with Crippen LogP contribution >= 0.6 is 31.9 Å². The van der Waals surface area contributed by atoms with E-state index in [1.54, 1.807) is 10.7 Å². The van der Waals surface area contributed by atoms with Crippen molar-refractivity contribution in [2.24, 2.45) is 4.99 Å². The highest BCUT2D eigenvalue weighted by atomic mass is 79.9. The first-order valence-corrected chi connectivity index (χ1v) is 12.4. The van der Waals surface area contributed by atoms with E-state index in [-0.39, 0.29) is 11.5 Å². The number of rotatable bonds is 2. The van der Waals surface area contributed by atoms with E-state index in [2.05, 4.69) is 48.0 Å². The molecule has 0 atom stereocenters. The van der Waals surface area contributed by atoms with Gasteiger partial charge in [0.05, 0.1) is 24.2 Å². The van der Waals surface area contributed by atoms with E-state index in [1.807, 2.05) is 17.0 Å². The minimum absolute atomic E-state index is 0.109. The molecule has 3 aromatic rings. The monoisotopic (exact) mass is 538 g/mol. The van der Waals surface area contributed by atoms with Gasteiger partial charge in [-0.25, -0.2) is 13.4 Å². The summed E-state index contributed by atoms with van der Waals surface area (Å²) in [6, 6.07) is 6.15. The van der Waals surface area contributed by atoms with Gasteiger partial charge in [-0.1, -0.05) is 12.1 Å². The molecule has 8 nitrogen and oxygen atoms in total. The van der Waals surface area contributed by atoms with Gasteiger partial charge in [0.2, 0.25) is 0 Å². The van der Waals surface area contributed by atoms with E-state index < -0.39 is 9.84 Å². The van der Waals surface area contributed by atoms with E-state index in [9.17, 15) is 8.42 Å². The molecule has 1 fully saturated rings. The van der Waals surface area contributed by atoms with Crippen LogP contribution in [0.25, 0.3) is 16.8 Å². The standard InChI is InChI=1S/C18H16Br2N6O2S/c19-14-16(21)26-17(24-18(14)25-3-5-29(27,28)6-4-25)13(9-23-26)10-1-2-12-11(7-10)8-22-15(12)20/h1-2,7,9H,3-6,8,21H2. The van der Waals surface area contributed by atoms with Crippen LogP contribution in [0.2, 0.25) is 0 Å². The number of nitrogen functional groups attached to an aromatic ring is 1. The average Bonchev–Trinajstić information content (AvgIpc) is 3.28. The molecule has 0 amide bonds. The van der Waals surface area contributed by atoms with Crippen molar-refractivity contribution in [1.29, 1.82) is 0 Å². The summed E-state index contributed by atoms with van der Waals surface area (Å²) in [6.45, 7) is 1.41. The van der Waals surface area contributed by atoms with Crippen molar-refractivity contribution < 1.29 is 8.42 Å². The van der Waals surface area contributed by atoms with Crippen LogP contribution in [-0.2, 0) is 16.4 Å². The van der Waals surface area contributed by atoms with E-state index in [4.69, 9.17) is 10.7 Å². The van der Waals surface area contributed by atoms with Crippen LogP contribution in [0.15, 0.2) is 33.9 Å². The van der Waals surface area contributed by atoms with Crippen molar-refractivity contribution in [2.45, 2.75) is 6.54 Å². The average molecular weight is 540 g/mol. The lowest BCUT2D eigenvalue weighted by molar-refractivity contribution is 0.586. The van der Waals surface area contributed by atoms with E-state index in [0.717, 1.165) is 26.9 Å². The molecule has 29 heavy (non-hydrogen) atoms. The molecule has 0 saturated carbocycles. The van der Waals surface area contributed by atoms with Gasteiger partial charge in [0, 0.05) is 24.2 Å². The first-order valence-electron chi connectivity index (χ1n) is 8.96. The summed E-state index contributed by atoms with van der Waals surface area (Å²) >= 11 is 7.00. The van der Waals surface area contributed by atoms with Gasteiger partial charge in [-0.3, -0.25) is 4.99 Å². The van der Waals surface area contributed by atoms with Crippen LogP contribution in [-0.4, -0.2) is 52.2 Å². The molecule has 2 aliphatic rings. The number of sulfone groups is 1. The van der Waals surface area contributed by atoms with Crippen LogP contribution < -0.4 is 10.6 Å². The molecular formula is C18H16Br2N6O2S. The van der Waals surface area contributed by atoms with Crippen LogP contribution in [0.4, 0.5) is 11.6 Å². The molecule has 0 radical (unpaired) electrons. The Labute approximate surface area is 184 Å². The Bertz CT molecular complexity index is 1290. The minimum atomic E-state index is -2.99. The molecule has 4 heterocycles. The summed E-state index contributed by atoms with van der Waals surface area (Å²) in [7, 11) is -2.99. The topological polar surface area (TPSA) is 106 Å². The maximum atomic E-state index is 11.8. The first kappa shape index (κ1) is 19.0. The highest BCUT2D eigenvalue weighted by Gasteiger charge is 2.26. The smallest absolute Gasteiger partial charge is 0.167 e. The number of halogens is 2. The first-order chi connectivity index (χ1) is 13.8. The second-order valence-electron chi connectivity index (χ2n) is 7.05. The van der Waals surface area contributed by atoms with Crippen molar-refractivity contribution in [2.75, 3.05) is 35.2 Å². The quantitative estimate of drug-likeness (QED) is 0.536. The molecule has 11 heteroatoms. The van der Waals surface area contributed by atoms with Gasteiger partial charge in [-0.05, 0) is 49.1 Å². The Hall–Kier alpha value is -1.98. The lowest BCUT2D eigenvalue weighted by Crippen LogP contribution is -2.41. The number of fused-ring (bicyclic) bond motifs is 2. The third kappa shape index (κ3) is 3.15. The Morgan fingerprint density at radius 2 is 1.86 bits per heavy atom. The number of aromatic nitrogens is 3. The molecule has 2 aliphatic heterocycles. The van der Waals surface area contributed by atoms with Gasteiger partial charge >= 0.3 is 0 Å². The van der Waals surface area contributed by atoms with Gasteiger partial charge in [0.15, 0.2) is 15.5 Å². The fourth-order valence-electron chi connectivity index (χ4n) is 3.65. The highest BCUT2D eigenvalue weighted by Crippen LogP contribution is 2.35. The van der Waals surface area contributed by atoms with E-state index >= 15 is 0 Å². The fourth-order valence-corrected chi connectivity index (χ4v) is 5.87. The van der Waals surface area contributed by atoms with Gasteiger partial charge in [0.25, 0.3) is 0 Å². The van der Waals surface area contributed by atoms with Crippen molar-refractivity contribution in [3.63, 3.8) is 0 Å². The predicted octanol–water partition coefficient (Wildman–Crippen LogP) is 2.63. The molecule has 1 saturated heterocycles. The molecule has 1 aromatic carbocycles. The largest absolute Gasteiger partial charge is 0.383 e. The molecule has 5 rings (SSSR count). The zero-order chi connectivity index (χ0) is 20.3. The van der Waals surface area contributed by atoms with Gasteiger partial charge in [-0.2, -0.15) is 9.61 Å². The minimum Gasteiger partial charge on any atom is -0.383 e. The highest BCUT2D eigenvalue weighted by molar-refractivity contribution is 9.18. The molecular weight excluding hydrogens is 524 g/mol. The lowest BCUT2D eigenvalue weighted by Gasteiger charge is -2.28. The number of benzene rings is 1. The van der Waals surface area contributed by atoms with Crippen LogP contribution in [0.1, 0.15) is 11.1 Å². The third-order valence-corrected chi connectivity index (χ3v) is 8.32. The zero-order valence-corrected chi connectivity index (χ0v) is 19.1. The second kappa shape index (κ2) is 6.78. The third-order valence-electron chi connectivity index (χ3n) is 5.28. The molecule has 0 aliphatic carbocycles. The van der Waals surface area contributed by atoms with Crippen molar-refractivity contribution in [1.82, 2.24) is 14.6 Å². The summed E-state index contributed by atoms with van der Waals surface area (Å²) in [4.78, 5) is 11.2. The Morgan fingerprint density at radius 1 is 1.10 bits per heavy atom. The van der Waals surface area contributed by atoms with Crippen LogP contribution in [0.3, 0.4) is 0 Å². The molecule has 0 unspecified atom stereocenters. The summed E-state index contributed by atoms with van der Waals surface area (Å²) in [5, 5.41) is 4.42. The number of hydrogen-bond donors (Lipinski definition) is 1. The van der Waals surface area contributed by atoms with E-state index in [1.165, 1.54) is 0 Å². The maximum absolute atomic E-state index is 11.8.